The maximum absolute atomic E-state index is 12.4. The molecule has 2 aromatic carbocycles. The molecule has 5 heteroatoms. The third kappa shape index (κ3) is 4.42. The second kappa shape index (κ2) is 7.42. The normalized spacial score (nSPS) is 10.3. The number of likely N-dealkylation sites (N-methyl/N-ethyl adjacent to an activating group) is 1. The Hall–Kier alpha value is -2.14. The van der Waals surface area contributed by atoms with Gasteiger partial charge in [0.25, 0.3) is 5.91 Å². The lowest BCUT2D eigenvalue weighted by Gasteiger charge is -2.18. The van der Waals surface area contributed by atoms with Gasteiger partial charge >= 0.3 is 0 Å². The van der Waals surface area contributed by atoms with Gasteiger partial charge in [-0.25, -0.2) is 0 Å². The standard InChI is InChI=1S/C18H19BrN2O2/c1-12-6-4-5-7-15(12)18(23)21(3)11-17(22)20-16-9-8-14(19)10-13(16)2/h4-10H,11H2,1-3H3,(H,20,22). The van der Waals surface area contributed by atoms with Gasteiger partial charge in [0.2, 0.25) is 5.91 Å². The lowest BCUT2D eigenvalue weighted by molar-refractivity contribution is -0.116. The number of carbonyl (C=O) groups is 2. The highest BCUT2D eigenvalue weighted by molar-refractivity contribution is 9.10. The van der Waals surface area contributed by atoms with Crippen LogP contribution in [0.4, 0.5) is 5.69 Å². The minimum Gasteiger partial charge on any atom is -0.332 e. The fraction of sp³-hybridized carbons (Fsp3) is 0.222. The molecule has 0 aliphatic heterocycles. The summed E-state index contributed by atoms with van der Waals surface area (Å²) in [6.45, 7) is 3.80. The molecule has 0 bridgehead atoms. The van der Waals surface area contributed by atoms with Crippen molar-refractivity contribution >= 4 is 33.4 Å². The molecular formula is C18H19BrN2O2. The van der Waals surface area contributed by atoms with Crippen LogP contribution in [0.3, 0.4) is 0 Å². The Balaban J connectivity index is 2.02. The molecule has 2 aromatic rings. The Morgan fingerprint density at radius 2 is 1.78 bits per heavy atom. The highest BCUT2D eigenvalue weighted by Crippen LogP contribution is 2.20. The third-order valence-electron chi connectivity index (χ3n) is 3.57. The summed E-state index contributed by atoms with van der Waals surface area (Å²) in [7, 11) is 1.63. The van der Waals surface area contributed by atoms with E-state index in [1.54, 1.807) is 13.1 Å². The Morgan fingerprint density at radius 1 is 1.09 bits per heavy atom. The minimum absolute atomic E-state index is 0.00265. The topological polar surface area (TPSA) is 49.4 Å². The molecule has 120 valence electrons. The SMILES string of the molecule is Cc1cc(Br)ccc1NC(=O)CN(C)C(=O)c1ccccc1C. The number of anilines is 1. The van der Waals surface area contributed by atoms with E-state index in [-0.39, 0.29) is 18.4 Å². The molecule has 23 heavy (non-hydrogen) atoms. The molecule has 2 rings (SSSR count). The van der Waals surface area contributed by atoms with E-state index in [4.69, 9.17) is 0 Å². The molecule has 0 unspecified atom stereocenters. The van der Waals surface area contributed by atoms with Crippen LogP contribution in [0, 0.1) is 13.8 Å². The lowest BCUT2D eigenvalue weighted by Crippen LogP contribution is -2.35. The van der Waals surface area contributed by atoms with E-state index in [9.17, 15) is 9.59 Å². The molecule has 0 aliphatic rings. The first kappa shape index (κ1) is 17.2. The van der Waals surface area contributed by atoms with Gasteiger partial charge in [-0.3, -0.25) is 9.59 Å². The first-order chi connectivity index (χ1) is 10.9. The van der Waals surface area contributed by atoms with Crippen molar-refractivity contribution in [1.29, 1.82) is 0 Å². The molecule has 4 nitrogen and oxygen atoms in total. The zero-order valence-electron chi connectivity index (χ0n) is 13.4. The fourth-order valence-corrected chi connectivity index (χ4v) is 2.74. The van der Waals surface area contributed by atoms with Crippen LogP contribution in [-0.4, -0.2) is 30.3 Å². The molecule has 0 heterocycles. The summed E-state index contributed by atoms with van der Waals surface area (Å²) in [5.41, 5.74) is 3.21. The molecule has 2 amide bonds. The molecule has 0 spiro atoms. The van der Waals surface area contributed by atoms with Crippen molar-refractivity contribution in [3.63, 3.8) is 0 Å². The van der Waals surface area contributed by atoms with Gasteiger partial charge in [-0.2, -0.15) is 0 Å². The van der Waals surface area contributed by atoms with Gasteiger partial charge in [0.15, 0.2) is 0 Å². The number of hydrogen-bond donors (Lipinski definition) is 1. The molecule has 0 atom stereocenters. The second-order valence-corrected chi connectivity index (χ2v) is 6.40. The first-order valence-corrected chi connectivity index (χ1v) is 8.05. The fourth-order valence-electron chi connectivity index (χ4n) is 2.26. The van der Waals surface area contributed by atoms with Gasteiger partial charge in [0.1, 0.15) is 0 Å². The van der Waals surface area contributed by atoms with Gasteiger partial charge in [0, 0.05) is 22.8 Å². The monoisotopic (exact) mass is 374 g/mol. The van der Waals surface area contributed by atoms with E-state index in [0.717, 1.165) is 21.3 Å². The second-order valence-electron chi connectivity index (χ2n) is 5.48. The number of benzene rings is 2. The van der Waals surface area contributed by atoms with Crippen LogP contribution in [0.5, 0.6) is 0 Å². The molecule has 0 saturated carbocycles. The zero-order valence-corrected chi connectivity index (χ0v) is 15.0. The summed E-state index contributed by atoms with van der Waals surface area (Å²) in [6.07, 6.45) is 0. The molecule has 0 aromatic heterocycles. The predicted octanol–water partition coefficient (Wildman–Crippen LogP) is 3.78. The quantitative estimate of drug-likeness (QED) is 0.884. The maximum Gasteiger partial charge on any atom is 0.254 e. The van der Waals surface area contributed by atoms with Crippen LogP contribution in [0.1, 0.15) is 21.5 Å². The van der Waals surface area contributed by atoms with Gasteiger partial charge < -0.3 is 10.2 Å². The minimum atomic E-state index is -0.222. The summed E-state index contributed by atoms with van der Waals surface area (Å²) < 4.78 is 0.958. The first-order valence-electron chi connectivity index (χ1n) is 7.25. The van der Waals surface area contributed by atoms with Crippen molar-refractivity contribution in [3.05, 3.63) is 63.6 Å². The van der Waals surface area contributed by atoms with E-state index < -0.39 is 0 Å². The molecule has 0 saturated heterocycles. The van der Waals surface area contributed by atoms with E-state index >= 15 is 0 Å². The van der Waals surface area contributed by atoms with Crippen molar-refractivity contribution in [1.82, 2.24) is 4.90 Å². The number of amides is 2. The number of hydrogen-bond acceptors (Lipinski definition) is 2. The van der Waals surface area contributed by atoms with Crippen LogP contribution in [0.25, 0.3) is 0 Å². The van der Waals surface area contributed by atoms with Crippen LogP contribution in [-0.2, 0) is 4.79 Å². The summed E-state index contributed by atoms with van der Waals surface area (Å²) in [4.78, 5) is 26.0. The zero-order chi connectivity index (χ0) is 17.0. The summed E-state index contributed by atoms with van der Waals surface area (Å²) >= 11 is 3.39. The Labute approximate surface area is 144 Å². The van der Waals surface area contributed by atoms with Crippen molar-refractivity contribution in [2.45, 2.75) is 13.8 Å². The highest BCUT2D eigenvalue weighted by Gasteiger charge is 2.16. The number of nitrogens with zero attached hydrogens (tertiary/aromatic N) is 1. The average Bonchev–Trinajstić information content (AvgIpc) is 2.50. The van der Waals surface area contributed by atoms with Gasteiger partial charge in [-0.1, -0.05) is 34.1 Å². The summed E-state index contributed by atoms with van der Waals surface area (Å²) in [5.74, 6) is -0.384. The molecule has 1 N–H and O–H groups in total. The average molecular weight is 375 g/mol. The molecule has 0 fully saturated rings. The third-order valence-corrected chi connectivity index (χ3v) is 4.06. The molecule has 0 aliphatic carbocycles. The smallest absolute Gasteiger partial charge is 0.254 e. The maximum atomic E-state index is 12.4. The number of nitrogens with one attached hydrogen (secondary N) is 1. The van der Waals surface area contributed by atoms with Gasteiger partial charge in [-0.05, 0) is 49.2 Å². The van der Waals surface area contributed by atoms with Gasteiger partial charge in [-0.15, -0.1) is 0 Å². The van der Waals surface area contributed by atoms with Gasteiger partial charge in [0.05, 0.1) is 6.54 Å². The highest BCUT2D eigenvalue weighted by atomic mass is 79.9. The number of halogens is 1. The van der Waals surface area contributed by atoms with Crippen LogP contribution in [0.15, 0.2) is 46.9 Å². The van der Waals surface area contributed by atoms with E-state index in [1.807, 2.05) is 50.2 Å². The van der Waals surface area contributed by atoms with E-state index in [2.05, 4.69) is 21.2 Å². The van der Waals surface area contributed by atoms with Crippen molar-refractivity contribution in [2.24, 2.45) is 0 Å². The number of carbonyl (C=O) groups excluding carboxylic acids is 2. The van der Waals surface area contributed by atoms with E-state index in [1.165, 1.54) is 4.90 Å². The van der Waals surface area contributed by atoms with Crippen LogP contribution in [0.2, 0.25) is 0 Å². The predicted molar refractivity (Wildman–Crippen MR) is 95.6 cm³/mol. The van der Waals surface area contributed by atoms with Crippen molar-refractivity contribution in [3.8, 4) is 0 Å². The number of aryl methyl sites for hydroxylation is 2. The number of rotatable bonds is 4. The lowest BCUT2D eigenvalue weighted by atomic mass is 10.1. The Kier molecular flexibility index (Phi) is 5.55. The van der Waals surface area contributed by atoms with Crippen molar-refractivity contribution < 1.29 is 9.59 Å². The van der Waals surface area contributed by atoms with Crippen molar-refractivity contribution in [2.75, 3.05) is 18.9 Å². The summed E-state index contributed by atoms with van der Waals surface area (Å²) in [5, 5.41) is 2.84. The molecule has 0 radical (unpaired) electrons. The summed E-state index contributed by atoms with van der Waals surface area (Å²) in [6, 6.07) is 13.0. The largest absolute Gasteiger partial charge is 0.332 e. The van der Waals surface area contributed by atoms with Crippen LogP contribution < -0.4 is 5.32 Å². The Morgan fingerprint density at radius 3 is 2.43 bits per heavy atom. The molecular weight excluding hydrogens is 356 g/mol. The Bertz CT molecular complexity index is 744. The van der Waals surface area contributed by atoms with Crippen LogP contribution >= 0.6 is 15.9 Å². The van der Waals surface area contributed by atoms with E-state index in [0.29, 0.717) is 5.56 Å².